The second kappa shape index (κ2) is 9.37. The van der Waals surface area contributed by atoms with Gasteiger partial charge in [0, 0.05) is 12.6 Å². The van der Waals surface area contributed by atoms with Gasteiger partial charge in [0.05, 0.1) is 18.6 Å². The Hall–Kier alpha value is -3.36. The van der Waals surface area contributed by atoms with Crippen molar-refractivity contribution in [3.05, 3.63) is 51.6 Å². The van der Waals surface area contributed by atoms with Gasteiger partial charge >= 0.3 is 11.7 Å². The fraction of sp³-hybridized carbons (Fsp3) is 0.333. The fourth-order valence-corrected chi connectivity index (χ4v) is 2.29. The molecule has 0 aliphatic rings. The summed E-state index contributed by atoms with van der Waals surface area (Å²) in [6, 6.07) is 8.44. The number of aromatic nitrogens is 1. The van der Waals surface area contributed by atoms with Crippen molar-refractivity contribution in [1.29, 1.82) is 0 Å². The molecule has 0 fully saturated rings. The third kappa shape index (κ3) is 5.56. The molecule has 9 heteroatoms. The summed E-state index contributed by atoms with van der Waals surface area (Å²) in [5.74, 6) is 0.277. The number of benzene rings is 1. The van der Waals surface area contributed by atoms with Gasteiger partial charge in [-0.2, -0.15) is 4.98 Å². The Kier molecular flexibility index (Phi) is 6.93. The van der Waals surface area contributed by atoms with Gasteiger partial charge in [-0.05, 0) is 43.2 Å². The molecule has 9 nitrogen and oxygen atoms in total. The Morgan fingerprint density at radius 1 is 1.30 bits per heavy atom. The lowest BCUT2D eigenvalue weighted by Gasteiger charge is -2.11. The Balaban J connectivity index is 2.11. The molecule has 0 unspecified atom stereocenters. The van der Waals surface area contributed by atoms with Crippen LogP contribution in [0.1, 0.15) is 18.1 Å². The number of nitrogens with zero attached hydrogens (tertiary/aromatic N) is 2. The van der Waals surface area contributed by atoms with Crippen LogP contribution in [0, 0.1) is 17.0 Å². The second-order valence-corrected chi connectivity index (χ2v) is 5.52. The van der Waals surface area contributed by atoms with Crippen molar-refractivity contribution in [3.8, 4) is 11.6 Å². The number of hydrogen-bond donors (Lipinski definition) is 1. The highest BCUT2D eigenvalue weighted by Crippen LogP contribution is 2.27. The first kappa shape index (κ1) is 20.0. The first-order valence-electron chi connectivity index (χ1n) is 8.25. The molecule has 2 aromatic rings. The maximum atomic E-state index is 11.4. The molecule has 0 aliphatic heterocycles. The fourth-order valence-electron chi connectivity index (χ4n) is 2.29. The Bertz CT molecular complexity index is 825. The number of hydrogen-bond acceptors (Lipinski definition) is 8. The van der Waals surface area contributed by atoms with Crippen LogP contribution in [0.25, 0.3) is 0 Å². The number of esters is 1. The Morgan fingerprint density at radius 3 is 2.70 bits per heavy atom. The van der Waals surface area contributed by atoms with Crippen molar-refractivity contribution in [2.75, 3.05) is 25.6 Å². The van der Waals surface area contributed by atoms with Gasteiger partial charge in [-0.25, -0.2) is 4.79 Å². The number of ether oxygens (including phenoxy) is 3. The van der Waals surface area contributed by atoms with E-state index in [1.165, 1.54) is 12.1 Å². The summed E-state index contributed by atoms with van der Waals surface area (Å²) in [5, 5.41) is 14.2. The van der Waals surface area contributed by atoms with Gasteiger partial charge in [-0.3, -0.25) is 10.1 Å². The van der Waals surface area contributed by atoms with E-state index < -0.39 is 17.5 Å². The van der Waals surface area contributed by atoms with Crippen LogP contribution < -0.4 is 14.8 Å². The average Bonchev–Trinajstić information content (AvgIpc) is 2.65. The van der Waals surface area contributed by atoms with Gasteiger partial charge < -0.3 is 19.5 Å². The van der Waals surface area contributed by atoms with Crippen LogP contribution in [-0.2, 0) is 16.1 Å². The van der Waals surface area contributed by atoms with Gasteiger partial charge in [-0.15, -0.1) is 0 Å². The number of carbonyl (C=O) groups is 1. The number of aryl methyl sites for hydroxylation is 1. The van der Waals surface area contributed by atoms with Crippen LogP contribution in [0.2, 0.25) is 0 Å². The summed E-state index contributed by atoms with van der Waals surface area (Å²) >= 11 is 0. The lowest BCUT2D eigenvalue weighted by Crippen LogP contribution is -2.16. The molecule has 0 saturated heterocycles. The van der Waals surface area contributed by atoms with E-state index in [4.69, 9.17) is 14.2 Å². The molecule has 0 saturated carbocycles. The minimum absolute atomic E-state index is 0.195. The minimum atomic E-state index is -0.624. The molecule has 1 aromatic heterocycles. The quantitative estimate of drug-likeness (QED) is 0.404. The van der Waals surface area contributed by atoms with Crippen molar-refractivity contribution in [2.45, 2.75) is 20.4 Å². The van der Waals surface area contributed by atoms with Crippen LogP contribution in [0.4, 0.5) is 11.5 Å². The highest BCUT2D eigenvalue weighted by Gasteiger charge is 2.19. The van der Waals surface area contributed by atoms with Gasteiger partial charge in [0.15, 0.2) is 6.61 Å². The van der Waals surface area contributed by atoms with Crippen LogP contribution in [0.15, 0.2) is 30.3 Å². The van der Waals surface area contributed by atoms with Gasteiger partial charge in [0.25, 0.3) is 5.88 Å². The number of nitro groups is 1. The zero-order valence-corrected chi connectivity index (χ0v) is 15.4. The number of anilines is 1. The lowest BCUT2D eigenvalue weighted by atomic mass is 10.1. The second-order valence-electron chi connectivity index (χ2n) is 5.52. The minimum Gasteiger partial charge on any atom is -0.497 e. The van der Waals surface area contributed by atoms with E-state index in [0.717, 1.165) is 16.9 Å². The molecule has 0 radical (unpaired) electrons. The molecular weight excluding hydrogens is 354 g/mol. The topological polar surface area (TPSA) is 113 Å². The van der Waals surface area contributed by atoms with Gasteiger partial charge in [-0.1, -0.05) is 6.07 Å². The summed E-state index contributed by atoms with van der Waals surface area (Å²) in [5.41, 5.74) is 1.72. The molecule has 1 N–H and O–H groups in total. The number of nitrogens with one attached hydrogen (secondary N) is 1. The smallest absolute Gasteiger partial charge is 0.344 e. The molecule has 1 aromatic carbocycles. The number of rotatable bonds is 9. The standard InChI is InChI=1S/C18H21N3O6/c1-4-26-17(22)11-27-18-15(21(23)24)7-8-16(20-18)19-10-13-5-6-14(25-3)9-12(13)2/h5-9H,4,10-11H2,1-3H3,(H,19,20). The zero-order chi connectivity index (χ0) is 19.8. The lowest BCUT2D eigenvalue weighted by molar-refractivity contribution is -0.386. The van der Waals surface area contributed by atoms with E-state index in [1.54, 1.807) is 14.0 Å². The zero-order valence-electron chi connectivity index (χ0n) is 15.4. The van der Waals surface area contributed by atoms with E-state index in [0.29, 0.717) is 12.4 Å². The van der Waals surface area contributed by atoms with E-state index >= 15 is 0 Å². The van der Waals surface area contributed by atoms with Gasteiger partial charge in [0.2, 0.25) is 0 Å². The first-order valence-corrected chi connectivity index (χ1v) is 8.25. The molecule has 0 amide bonds. The third-order valence-electron chi connectivity index (χ3n) is 3.68. The maximum absolute atomic E-state index is 11.4. The van der Waals surface area contributed by atoms with Crippen LogP contribution >= 0.6 is 0 Å². The van der Waals surface area contributed by atoms with Crippen molar-refractivity contribution in [3.63, 3.8) is 0 Å². The molecule has 0 aliphatic carbocycles. The van der Waals surface area contributed by atoms with E-state index in [-0.39, 0.29) is 18.2 Å². The van der Waals surface area contributed by atoms with Crippen molar-refractivity contribution in [2.24, 2.45) is 0 Å². The van der Waals surface area contributed by atoms with Gasteiger partial charge in [0.1, 0.15) is 11.6 Å². The highest BCUT2D eigenvalue weighted by molar-refractivity contribution is 5.71. The predicted octanol–water partition coefficient (Wildman–Crippen LogP) is 2.86. The SMILES string of the molecule is CCOC(=O)COc1nc(NCc2ccc(OC)cc2C)ccc1[N+](=O)[O-]. The van der Waals surface area contributed by atoms with Crippen molar-refractivity contribution >= 4 is 17.5 Å². The number of carbonyl (C=O) groups excluding carboxylic acids is 1. The van der Waals surface area contributed by atoms with Crippen molar-refractivity contribution in [1.82, 2.24) is 4.98 Å². The van der Waals surface area contributed by atoms with Crippen LogP contribution in [0.5, 0.6) is 11.6 Å². The average molecular weight is 375 g/mol. The third-order valence-corrected chi connectivity index (χ3v) is 3.68. The normalized spacial score (nSPS) is 10.2. The van der Waals surface area contributed by atoms with Crippen molar-refractivity contribution < 1.29 is 23.9 Å². The first-order chi connectivity index (χ1) is 12.9. The molecule has 2 rings (SSSR count). The number of methoxy groups -OCH3 is 1. The molecule has 27 heavy (non-hydrogen) atoms. The largest absolute Gasteiger partial charge is 0.497 e. The van der Waals surface area contributed by atoms with E-state index in [9.17, 15) is 14.9 Å². The molecular formula is C18H21N3O6. The maximum Gasteiger partial charge on any atom is 0.344 e. The van der Waals surface area contributed by atoms with E-state index in [2.05, 4.69) is 10.3 Å². The molecule has 1 heterocycles. The summed E-state index contributed by atoms with van der Waals surface area (Å²) in [4.78, 5) is 26.0. The van der Waals surface area contributed by atoms with E-state index in [1.807, 2.05) is 25.1 Å². The molecule has 0 bridgehead atoms. The molecule has 144 valence electrons. The van der Waals surface area contributed by atoms with Crippen LogP contribution in [0.3, 0.4) is 0 Å². The summed E-state index contributed by atoms with van der Waals surface area (Å²) < 4.78 is 15.1. The molecule has 0 atom stereocenters. The summed E-state index contributed by atoms with van der Waals surface area (Å²) in [6.07, 6.45) is 0. The monoisotopic (exact) mass is 375 g/mol. The Morgan fingerprint density at radius 2 is 2.07 bits per heavy atom. The highest BCUT2D eigenvalue weighted by atomic mass is 16.6. The number of pyridine rings is 1. The summed E-state index contributed by atoms with van der Waals surface area (Å²) in [7, 11) is 1.60. The van der Waals surface area contributed by atoms with Crippen LogP contribution in [-0.4, -0.2) is 36.2 Å². The molecule has 0 spiro atoms. The summed E-state index contributed by atoms with van der Waals surface area (Å²) in [6.45, 7) is 3.81. The Labute approximate surface area is 156 Å². The predicted molar refractivity (Wildman–Crippen MR) is 98.1 cm³/mol.